The number of benzene rings is 2. The molecule has 184 valence electrons. The highest BCUT2D eigenvalue weighted by Crippen LogP contribution is 2.39. The molecule has 0 atom stereocenters. The van der Waals surface area contributed by atoms with Crippen LogP contribution in [0.15, 0.2) is 35.7 Å². The zero-order valence-corrected chi connectivity index (χ0v) is 20.7. The third-order valence-corrected chi connectivity index (χ3v) is 5.88. The number of rotatable bonds is 12. The van der Waals surface area contributed by atoms with Gasteiger partial charge in [0, 0.05) is 5.41 Å². The number of ether oxygens (including phenoxy) is 6. The maximum absolute atomic E-state index is 12.5. The molecule has 0 spiro atoms. The van der Waals surface area contributed by atoms with Gasteiger partial charge in [-0.1, -0.05) is 6.08 Å². The van der Waals surface area contributed by atoms with Crippen LogP contribution < -0.4 is 28.4 Å². The zero-order chi connectivity index (χ0) is 25.3. The van der Waals surface area contributed by atoms with Crippen molar-refractivity contribution in [2.45, 2.75) is 0 Å². The molecule has 0 N–H and O–H groups in total. The monoisotopic (exact) mass is 492 g/mol. The van der Waals surface area contributed by atoms with Crippen molar-refractivity contribution in [2.75, 3.05) is 48.4 Å². The van der Waals surface area contributed by atoms with Crippen LogP contribution in [0.2, 0.25) is 0 Å². The summed E-state index contributed by atoms with van der Waals surface area (Å²) in [6.45, 7) is 0. The molecule has 0 amide bonds. The Bertz CT molecular complexity index is 1130. The molecule has 0 saturated heterocycles. The SMILES string of the molecule is COc1cc(C=CC(=O)CS(=O)(=O)C=Cc2cc(OC)c(OC)c(OC)c2)cc(OC)c1OC. The molecule has 0 saturated carbocycles. The number of hydrogen-bond acceptors (Lipinski definition) is 9. The summed E-state index contributed by atoms with van der Waals surface area (Å²) in [4.78, 5) is 12.3. The summed E-state index contributed by atoms with van der Waals surface area (Å²) in [6, 6.07) is 6.48. The van der Waals surface area contributed by atoms with Gasteiger partial charge in [-0.15, -0.1) is 0 Å². The van der Waals surface area contributed by atoms with Crippen molar-refractivity contribution < 1.29 is 41.6 Å². The van der Waals surface area contributed by atoms with Crippen molar-refractivity contribution in [2.24, 2.45) is 0 Å². The van der Waals surface area contributed by atoms with Gasteiger partial charge in [0.15, 0.2) is 38.6 Å². The van der Waals surface area contributed by atoms with Crippen LogP contribution in [0, 0.1) is 0 Å². The summed E-state index contributed by atoms with van der Waals surface area (Å²) in [5, 5.41) is 0.971. The largest absolute Gasteiger partial charge is 0.493 e. The molecule has 0 radical (unpaired) electrons. The van der Waals surface area contributed by atoms with E-state index in [1.807, 2.05) is 0 Å². The Morgan fingerprint density at radius 3 is 1.41 bits per heavy atom. The first kappa shape index (κ1) is 26.6. The summed E-state index contributed by atoms with van der Waals surface area (Å²) >= 11 is 0. The van der Waals surface area contributed by atoms with Crippen LogP contribution in [-0.2, 0) is 14.6 Å². The minimum atomic E-state index is -3.84. The molecule has 2 aromatic carbocycles. The Hall–Kier alpha value is -3.66. The minimum absolute atomic E-state index is 0.378. The second-order valence-electron chi connectivity index (χ2n) is 6.83. The minimum Gasteiger partial charge on any atom is -0.493 e. The molecule has 2 rings (SSSR count). The second-order valence-corrected chi connectivity index (χ2v) is 8.71. The highest BCUT2D eigenvalue weighted by molar-refractivity contribution is 7.95. The Morgan fingerprint density at radius 2 is 1.06 bits per heavy atom. The quantitative estimate of drug-likeness (QED) is 0.412. The van der Waals surface area contributed by atoms with Crippen molar-refractivity contribution in [3.63, 3.8) is 0 Å². The van der Waals surface area contributed by atoms with Crippen molar-refractivity contribution >= 4 is 27.8 Å². The smallest absolute Gasteiger partial charge is 0.203 e. The van der Waals surface area contributed by atoms with Gasteiger partial charge in [0.05, 0.1) is 42.7 Å². The van der Waals surface area contributed by atoms with Crippen molar-refractivity contribution in [3.8, 4) is 34.5 Å². The standard InChI is InChI=1S/C24H28O9S/c1-28-19-11-16(12-20(29-2)23(19)32-5)7-8-18(25)15-34(26,27)10-9-17-13-21(30-3)24(33-6)22(14-17)31-4/h7-14H,15H2,1-6H3. The van der Waals surface area contributed by atoms with E-state index in [1.54, 1.807) is 24.3 Å². The van der Waals surface area contributed by atoms with Crippen molar-refractivity contribution in [1.29, 1.82) is 0 Å². The highest BCUT2D eigenvalue weighted by atomic mass is 32.2. The fraction of sp³-hybridized carbons (Fsp3) is 0.292. The first-order chi connectivity index (χ1) is 16.2. The first-order valence-electron chi connectivity index (χ1n) is 9.93. The number of sulfone groups is 1. The number of carbonyl (C=O) groups excluding carboxylic acids is 1. The molecule has 0 aliphatic carbocycles. The summed E-state index contributed by atoms with van der Waals surface area (Å²) < 4.78 is 56.5. The maximum Gasteiger partial charge on any atom is 0.203 e. The molecule has 0 aliphatic heterocycles. The van der Waals surface area contributed by atoms with Crippen LogP contribution in [0.25, 0.3) is 12.2 Å². The molecule has 34 heavy (non-hydrogen) atoms. The van der Waals surface area contributed by atoms with Crippen LogP contribution in [0.4, 0.5) is 0 Å². The average Bonchev–Trinajstić information content (AvgIpc) is 2.84. The van der Waals surface area contributed by atoms with E-state index < -0.39 is 21.4 Å². The lowest BCUT2D eigenvalue weighted by Crippen LogP contribution is -2.11. The van der Waals surface area contributed by atoms with E-state index in [9.17, 15) is 13.2 Å². The Morgan fingerprint density at radius 1 is 0.676 bits per heavy atom. The number of ketones is 1. The molecular formula is C24H28O9S. The van der Waals surface area contributed by atoms with Crippen LogP contribution in [0.1, 0.15) is 11.1 Å². The summed E-state index contributed by atoms with van der Waals surface area (Å²) in [5.41, 5.74) is 1.08. The van der Waals surface area contributed by atoms with E-state index in [0.717, 1.165) is 5.41 Å². The van der Waals surface area contributed by atoms with Gasteiger partial charge in [-0.3, -0.25) is 4.79 Å². The van der Waals surface area contributed by atoms with E-state index in [-0.39, 0.29) is 0 Å². The highest BCUT2D eigenvalue weighted by Gasteiger charge is 2.15. The third kappa shape index (κ3) is 6.67. The van der Waals surface area contributed by atoms with Gasteiger partial charge in [-0.25, -0.2) is 8.42 Å². The topological polar surface area (TPSA) is 107 Å². The molecule has 10 heteroatoms. The number of carbonyl (C=O) groups is 1. The second kappa shape index (κ2) is 12.0. The van der Waals surface area contributed by atoms with Gasteiger partial charge in [-0.05, 0) is 47.5 Å². The van der Waals surface area contributed by atoms with E-state index in [4.69, 9.17) is 28.4 Å². The van der Waals surface area contributed by atoms with Crippen molar-refractivity contribution in [1.82, 2.24) is 0 Å². The molecular weight excluding hydrogens is 464 g/mol. The molecule has 2 aromatic rings. The predicted molar refractivity (Wildman–Crippen MR) is 129 cm³/mol. The molecule has 0 aromatic heterocycles. The molecule has 0 unspecified atom stereocenters. The lowest BCUT2D eigenvalue weighted by molar-refractivity contribution is -0.112. The zero-order valence-electron chi connectivity index (χ0n) is 19.9. The van der Waals surface area contributed by atoms with Crippen LogP contribution in [0.3, 0.4) is 0 Å². The molecule has 0 heterocycles. The van der Waals surface area contributed by atoms with Gasteiger partial charge < -0.3 is 28.4 Å². The van der Waals surface area contributed by atoms with E-state index >= 15 is 0 Å². The average molecular weight is 493 g/mol. The van der Waals surface area contributed by atoms with Crippen LogP contribution >= 0.6 is 0 Å². The van der Waals surface area contributed by atoms with Gasteiger partial charge in [0.25, 0.3) is 0 Å². The predicted octanol–water partition coefficient (Wildman–Crippen LogP) is 3.41. The van der Waals surface area contributed by atoms with Crippen LogP contribution in [-0.4, -0.2) is 62.6 Å². The van der Waals surface area contributed by atoms with E-state index in [1.165, 1.54) is 60.9 Å². The van der Waals surface area contributed by atoms with Gasteiger partial charge >= 0.3 is 0 Å². The molecule has 0 fully saturated rings. The fourth-order valence-corrected chi connectivity index (χ4v) is 4.01. The Kier molecular flexibility index (Phi) is 9.37. The third-order valence-electron chi connectivity index (χ3n) is 4.65. The normalized spacial score (nSPS) is 11.5. The maximum atomic E-state index is 12.5. The fourth-order valence-electron chi connectivity index (χ4n) is 3.06. The van der Waals surface area contributed by atoms with E-state index in [0.29, 0.717) is 45.6 Å². The molecule has 0 aliphatic rings. The Balaban J connectivity index is 2.19. The summed E-state index contributed by atoms with van der Waals surface area (Å²) in [7, 11) is 4.98. The summed E-state index contributed by atoms with van der Waals surface area (Å²) in [5.74, 6) is 1.08. The first-order valence-corrected chi connectivity index (χ1v) is 11.6. The lowest BCUT2D eigenvalue weighted by atomic mass is 10.1. The number of hydrogen-bond donors (Lipinski definition) is 0. The molecule has 0 bridgehead atoms. The van der Waals surface area contributed by atoms with E-state index in [2.05, 4.69) is 0 Å². The van der Waals surface area contributed by atoms with Crippen molar-refractivity contribution in [3.05, 3.63) is 46.9 Å². The van der Waals surface area contributed by atoms with Crippen LogP contribution in [0.5, 0.6) is 34.5 Å². The summed E-state index contributed by atoms with van der Waals surface area (Å²) in [6.07, 6.45) is 4.02. The molecule has 9 nitrogen and oxygen atoms in total. The Labute approximate surface area is 199 Å². The van der Waals surface area contributed by atoms with Gasteiger partial charge in [0.1, 0.15) is 5.75 Å². The number of methoxy groups -OCH3 is 6. The lowest BCUT2D eigenvalue weighted by Gasteiger charge is -2.12. The van der Waals surface area contributed by atoms with Gasteiger partial charge in [-0.2, -0.15) is 0 Å². The van der Waals surface area contributed by atoms with Gasteiger partial charge in [0.2, 0.25) is 11.5 Å². The number of allylic oxidation sites excluding steroid dienone is 1.